The van der Waals surface area contributed by atoms with Crippen LogP contribution in [0.1, 0.15) is 36.5 Å². The van der Waals surface area contributed by atoms with E-state index in [2.05, 4.69) is 4.90 Å². The molecule has 1 unspecified atom stereocenters. The molecule has 0 aromatic heterocycles. The molecule has 0 spiro atoms. The maximum atomic E-state index is 14.0. The van der Waals surface area contributed by atoms with E-state index in [9.17, 15) is 4.79 Å². The van der Waals surface area contributed by atoms with Gasteiger partial charge in [0.25, 0.3) is 0 Å². The van der Waals surface area contributed by atoms with Crippen LogP contribution >= 0.6 is 0 Å². The second kappa shape index (κ2) is 13.8. The average Bonchev–Trinajstić information content (AvgIpc) is 3.20. The summed E-state index contributed by atoms with van der Waals surface area (Å²) in [7, 11) is 8.12. The molecule has 9 heteroatoms. The SMILES string of the molecule is CCOCC1CN(Cc2cc(OC)c(OC)c(OC)c2)CCN1C(=O)C1=Cc2cc(OC)c(OC)cc2CCC1. The van der Waals surface area contributed by atoms with Gasteiger partial charge in [0.1, 0.15) is 0 Å². The molecule has 4 rings (SSSR count). The number of carbonyl (C=O) groups is 1. The van der Waals surface area contributed by atoms with Crippen LogP contribution in [-0.4, -0.2) is 90.1 Å². The number of hydrogen-bond donors (Lipinski definition) is 0. The Labute approximate surface area is 237 Å². The highest BCUT2D eigenvalue weighted by Gasteiger charge is 2.33. The monoisotopic (exact) mass is 554 g/mol. The van der Waals surface area contributed by atoms with Crippen molar-refractivity contribution in [2.45, 2.75) is 38.8 Å². The molecular formula is C31H42N2O7. The van der Waals surface area contributed by atoms with Crippen molar-refractivity contribution in [1.29, 1.82) is 0 Å². The molecule has 218 valence electrons. The second-order valence-electron chi connectivity index (χ2n) is 10.0. The molecule has 1 aliphatic heterocycles. The number of rotatable bonds is 11. The molecule has 0 radical (unpaired) electrons. The average molecular weight is 555 g/mol. The first-order chi connectivity index (χ1) is 19.5. The van der Waals surface area contributed by atoms with E-state index in [4.69, 9.17) is 28.4 Å². The van der Waals surface area contributed by atoms with Gasteiger partial charge in [0.05, 0.1) is 48.2 Å². The molecule has 40 heavy (non-hydrogen) atoms. The van der Waals surface area contributed by atoms with Gasteiger partial charge in [-0.3, -0.25) is 9.69 Å². The van der Waals surface area contributed by atoms with E-state index >= 15 is 0 Å². The zero-order chi connectivity index (χ0) is 28.6. The molecule has 1 saturated heterocycles. The van der Waals surface area contributed by atoms with Crippen LogP contribution in [0, 0.1) is 0 Å². The van der Waals surface area contributed by atoms with Crippen molar-refractivity contribution in [2.24, 2.45) is 0 Å². The Morgan fingerprint density at radius 2 is 1.52 bits per heavy atom. The second-order valence-corrected chi connectivity index (χ2v) is 10.0. The van der Waals surface area contributed by atoms with Crippen LogP contribution in [0.2, 0.25) is 0 Å². The number of aryl methyl sites for hydroxylation is 1. The van der Waals surface area contributed by atoms with Gasteiger partial charge in [-0.25, -0.2) is 0 Å². The molecule has 2 aliphatic rings. The van der Waals surface area contributed by atoms with Crippen molar-refractivity contribution < 1.29 is 33.2 Å². The van der Waals surface area contributed by atoms with Crippen molar-refractivity contribution in [3.05, 3.63) is 46.5 Å². The summed E-state index contributed by atoms with van der Waals surface area (Å²) in [5.74, 6) is 3.30. The molecule has 0 bridgehead atoms. The Morgan fingerprint density at radius 3 is 2.15 bits per heavy atom. The number of piperazine rings is 1. The lowest BCUT2D eigenvalue weighted by Gasteiger charge is -2.41. The largest absolute Gasteiger partial charge is 0.493 e. The molecule has 1 atom stereocenters. The van der Waals surface area contributed by atoms with Crippen molar-refractivity contribution in [3.63, 3.8) is 0 Å². The number of nitrogens with zero attached hydrogens (tertiary/aromatic N) is 2. The van der Waals surface area contributed by atoms with Gasteiger partial charge in [-0.15, -0.1) is 0 Å². The zero-order valence-electron chi connectivity index (χ0n) is 24.6. The molecule has 1 aliphatic carbocycles. The Bertz CT molecular complexity index is 1190. The van der Waals surface area contributed by atoms with Gasteiger partial charge in [0.15, 0.2) is 23.0 Å². The lowest BCUT2D eigenvalue weighted by molar-refractivity contribution is -0.134. The predicted molar refractivity (Wildman–Crippen MR) is 154 cm³/mol. The summed E-state index contributed by atoms with van der Waals surface area (Å²) < 4.78 is 33.4. The van der Waals surface area contributed by atoms with Crippen LogP contribution in [0.5, 0.6) is 28.7 Å². The minimum absolute atomic E-state index is 0.0581. The number of hydrogen-bond acceptors (Lipinski definition) is 8. The summed E-state index contributed by atoms with van der Waals surface area (Å²) in [5.41, 5.74) is 4.06. The Morgan fingerprint density at radius 1 is 0.850 bits per heavy atom. The molecule has 0 N–H and O–H groups in total. The normalized spacial score (nSPS) is 17.4. The van der Waals surface area contributed by atoms with Crippen LogP contribution in [0.15, 0.2) is 29.8 Å². The summed E-state index contributed by atoms with van der Waals surface area (Å²) in [6.07, 6.45) is 4.54. The van der Waals surface area contributed by atoms with Crippen molar-refractivity contribution in [3.8, 4) is 28.7 Å². The van der Waals surface area contributed by atoms with Crippen LogP contribution in [0.25, 0.3) is 6.08 Å². The quantitative estimate of drug-likeness (QED) is 0.409. The smallest absolute Gasteiger partial charge is 0.250 e. The molecule has 2 aromatic rings. The lowest BCUT2D eigenvalue weighted by atomic mass is 10.0. The topological polar surface area (TPSA) is 78.9 Å². The van der Waals surface area contributed by atoms with Gasteiger partial charge < -0.3 is 33.3 Å². The van der Waals surface area contributed by atoms with Crippen LogP contribution in [0.3, 0.4) is 0 Å². The number of fused-ring (bicyclic) bond motifs is 1. The Balaban J connectivity index is 1.54. The third-order valence-electron chi connectivity index (χ3n) is 7.61. The van der Waals surface area contributed by atoms with E-state index in [0.717, 1.165) is 42.5 Å². The van der Waals surface area contributed by atoms with Crippen molar-refractivity contribution >= 4 is 12.0 Å². The molecule has 1 amide bonds. The fourth-order valence-corrected chi connectivity index (χ4v) is 5.58. The third kappa shape index (κ3) is 6.47. The van der Waals surface area contributed by atoms with Crippen LogP contribution in [0.4, 0.5) is 0 Å². The molecule has 1 fully saturated rings. The minimum Gasteiger partial charge on any atom is -0.493 e. The minimum atomic E-state index is -0.0581. The van der Waals surface area contributed by atoms with Gasteiger partial charge in [-0.05, 0) is 73.2 Å². The fraction of sp³-hybridized carbons (Fsp3) is 0.516. The summed E-state index contributed by atoms with van der Waals surface area (Å²) in [4.78, 5) is 18.3. The number of amides is 1. The van der Waals surface area contributed by atoms with Gasteiger partial charge in [0.2, 0.25) is 11.7 Å². The maximum Gasteiger partial charge on any atom is 0.250 e. The summed E-state index contributed by atoms with van der Waals surface area (Å²) in [6, 6.07) is 7.90. The molecule has 9 nitrogen and oxygen atoms in total. The standard InChI is InChI=1S/C31H42N2O7/c1-7-40-20-25-19-32(18-21-13-28(37-4)30(39-6)29(14-21)38-5)11-12-33(25)31(34)23-10-8-9-22-16-26(35-2)27(36-3)17-24(22)15-23/h13-17,25H,7-12,18-20H2,1-6H3. The molecule has 1 heterocycles. The first kappa shape index (κ1) is 29.6. The van der Waals surface area contributed by atoms with Crippen LogP contribution in [-0.2, 0) is 22.5 Å². The van der Waals surface area contributed by atoms with E-state index < -0.39 is 0 Å². The van der Waals surface area contributed by atoms with Crippen molar-refractivity contribution in [1.82, 2.24) is 9.80 Å². The third-order valence-corrected chi connectivity index (χ3v) is 7.61. The highest BCUT2D eigenvalue weighted by atomic mass is 16.5. The summed E-state index contributed by atoms with van der Waals surface area (Å²) >= 11 is 0. The first-order valence-electron chi connectivity index (χ1n) is 13.8. The maximum absolute atomic E-state index is 14.0. The van der Waals surface area contributed by atoms with E-state index in [1.54, 1.807) is 35.5 Å². The van der Waals surface area contributed by atoms with Gasteiger partial charge in [-0.2, -0.15) is 0 Å². The number of ether oxygens (including phenoxy) is 6. The zero-order valence-corrected chi connectivity index (χ0v) is 24.6. The summed E-state index contributed by atoms with van der Waals surface area (Å²) in [5, 5.41) is 0. The highest BCUT2D eigenvalue weighted by molar-refractivity contribution is 5.98. The molecule has 0 saturated carbocycles. The fourth-order valence-electron chi connectivity index (χ4n) is 5.58. The predicted octanol–water partition coefficient (Wildman–Crippen LogP) is 4.20. The Hall–Kier alpha value is -3.43. The van der Waals surface area contributed by atoms with E-state index in [1.165, 1.54) is 5.56 Å². The molecular weight excluding hydrogens is 512 g/mol. The Kier molecular flexibility index (Phi) is 10.2. The number of carbonyl (C=O) groups excluding carboxylic acids is 1. The highest BCUT2D eigenvalue weighted by Crippen LogP contribution is 2.39. The van der Waals surface area contributed by atoms with E-state index in [0.29, 0.717) is 61.6 Å². The number of benzene rings is 2. The number of methoxy groups -OCH3 is 5. The first-order valence-corrected chi connectivity index (χ1v) is 13.8. The van der Waals surface area contributed by atoms with E-state index in [1.807, 2.05) is 42.2 Å². The van der Waals surface area contributed by atoms with E-state index in [-0.39, 0.29) is 11.9 Å². The lowest BCUT2D eigenvalue weighted by Crippen LogP contribution is -2.56. The summed E-state index contributed by atoms with van der Waals surface area (Å²) in [6.45, 7) is 5.84. The molecule has 2 aromatic carbocycles. The van der Waals surface area contributed by atoms with Gasteiger partial charge in [0, 0.05) is 38.4 Å². The van der Waals surface area contributed by atoms with Crippen molar-refractivity contribution in [2.75, 3.05) is 68.4 Å². The van der Waals surface area contributed by atoms with Crippen LogP contribution < -0.4 is 23.7 Å². The van der Waals surface area contributed by atoms with Gasteiger partial charge >= 0.3 is 0 Å². The van der Waals surface area contributed by atoms with Gasteiger partial charge in [-0.1, -0.05) is 0 Å².